The summed E-state index contributed by atoms with van der Waals surface area (Å²) < 4.78 is 12.9. The highest BCUT2D eigenvalue weighted by atomic mass is 16.6. The van der Waals surface area contributed by atoms with Gasteiger partial charge in [0.2, 0.25) is 0 Å². The standard InChI is InChI=1S/C26H36N4O4/c1-5-34-26(32)29-11-9-28(10-12-29)25(31)24-20(3)23(27-13-15-33-16-14-27)21(4)30(24)18-22-8-6-7-19(2)17-22/h6-8,17H,5,9-16,18H2,1-4H3. The number of carbonyl (C=O) groups is 2. The Kier molecular flexibility index (Phi) is 7.46. The third-order valence-electron chi connectivity index (χ3n) is 6.77. The second kappa shape index (κ2) is 10.5. The summed E-state index contributed by atoms with van der Waals surface area (Å²) in [5.74, 6) is 0.0243. The molecule has 2 fully saturated rings. The zero-order valence-corrected chi connectivity index (χ0v) is 20.8. The maximum absolute atomic E-state index is 13.9. The smallest absolute Gasteiger partial charge is 0.409 e. The predicted molar refractivity (Wildman–Crippen MR) is 132 cm³/mol. The van der Waals surface area contributed by atoms with Crippen molar-refractivity contribution in [3.05, 3.63) is 52.3 Å². The maximum atomic E-state index is 13.9. The van der Waals surface area contributed by atoms with Gasteiger partial charge in [0, 0.05) is 57.1 Å². The molecule has 0 unspecified atom stereocenters. The van der Waals surface area contributed by atoms with Crippen LogP contribution in [0.15, 0.2) is 24.3 Å². The molecule has 0 aliphatic carbocycles. The fourth-order valence-electron chi connectivity index (χ4n) is 5.06. The summed E-state index contributed by atoms with van der Waals surface area (Å²) in [5, 5.41) is 0. The summed E-state index contributed by atoms with van der Waals surface area (Å²) in [6, 6.07) is 8.44. The topological polar surface area (TPSA) is 67.2 Å². The molecule has 8 heteroatoms. The van der Waals surface area contributed by atoms with Crippen LogP contribution in [0.4, 0.5) is 10.5 Å². The van der Waals surface area contributed by atoms with E-state index < -0.39 is 0 Å². The van der Waals surface area contributed by atoms with Crippen molar-refractivity contribution in [3.63, 3.8) is 0 Å². The quantitative estimate of drug-likeness (QED) is 0.674. The minimum absolute atomic E-state index is 0.0243. The number of hydrogen-bond donors (Lipinski definition) is 0. The lowest BCUT2D eigenvalue weighted by atomic mass is 10.1. The first kappa shape index (κ1) is 24.1. The molecule has 34 heavy (non-hydrogen) atoms. The molecule has 2 amide bonds. The number of aryl methyl sites for hydroxylation is 1. The SMILES string of the molecule is CCOC(=O)N1CCN(C(=O)c2c(C)c(N3CCOCC3)c(C)n2Cc2cccc(C)c2)CC1. The molecule has 4 rings (SSSR count). The van der Waals surface area contributed by atoms with Gasteiger partial charge in [0.05, 0.1) is 25.5 Å². The fourth-order valence-corrected chi connectivity index (χ4v) is 5.06. The second-order valence-electron chi connectivity index (χ2n) is 9.06. The maximum Gasteiger partial charge on any atom is 0.409 e. The largest absolute Gasteiger partial charge is 0.450 e. The zero-order chi connectivity index (χ0) is 24.2. The van der Waals surface area contributed by atoms with Crippen molar-refractivity contribution in [1.29, 1.82) is 0 Å². The molecular formula is C26H36N4O4. The molecule has 2 aromatic rings. The van der Waals surface area contributed by atoms with Gasteiger partial charge in [-0.25, -0.2) is 4.79 Å². The highest BCUT2D eigenvalue weighted by Crippen LogP contribution is 2.33. The number of benzene rings is 1. The van der Waals surface area contributed by atoms with Gasteiger partial charge in [0.15, 0.2) is 0 Å². The molecule has 1 aromatic heterocycles. The van der Waals surface area contributed by atoms with Gasteiger partial charge in [-0.05, 0) is 33.3 Å². The molecule has 2 aliphatic rings. The van der Waals surface area contributed by atoms with Crippen molar-refractivity contribution in [1.82, 2.24) is 14.4 Å². The van der Waals surface area contributed by atoms with Crippen LogP contribution in [0.5, 0.6) is 0 Å². The van der Waals surface area contributed by atoms with Crippen LogP contribution in [0.2, 0.25) is 0 Å². The van der Waals surface area contributed by atoms with E-state index in [2.05, 4.69) is 54.5 Å². The van der Waals surface area contributed by atoms with Crippen LogP contribution in [0, 0.1) is 20.8 Å². The Morgan fingerprint density at radius 3 is 2.29 bits per heavy atom. The monoisotopic (exact) mass is 468 g/mol. The molecular weight excluding hydrogens is 432 g/mol. The van der Waals surface area contributed by atoms with Crippen LogP contribution < -0.4 is 4.90 Å². The number of piperazine rings is 1. The molecule has 0 N–H and O–H groups in total. The molecule has 0 saturated carbocycles. The summed E-state index contributed by atoms with van der Waals surface area (Å²) in [7, 11) is 0. The molecule has 0 bridgehead atoms. The Morgan fingerprint density at radius 2 is 1.65 bits per heavy atom. The number of amides is 2. The number of rotatable bonds is 5. The summed E-state index contributed by atoms with van der Waals surface area (Å²) in [4.78, 5) is 31.9. The predicted octanol–water partition coefficient (Wildman–Crippen LogP) is 3.21. The summed E-state index contributed by atoms with van der Waals surface area (Å²) in [6.07, 6.45) is -0.306. The second-order valence-corrected chi connectivity index (χ2v) is 9.06. The molecule has 2 aliphatic heterocycles. The van der Waals surface area contributed by atoms with E-state index >= 15 is 0 Å². The van der Waals surface area contributed by atoms with Gasteiger partial charge in [0.25, 0.3) is 5.91 Å². The van der Waals surface area contributed by atoms with E-state index in [0.29, 0.717) is 52.5 Å². The van der Waals surface area contributed by atoms with Gasteiger partial charge >= 0.3 is 6.09 Å². The Hall–Kier alpha value is -3.00. The van der Waals surface area contributed by atoms with Crippen LogP contribution >= 0.6 is 0 Å². The molecule has 184 valence electrons. The third kappa shape index (κ3) is 4.92. The van der Waals surface area contributed by atoms with Crippen LogP contribution in [-0.2, 0) is 16.0 Å². The number of carbonyl (C=O) groups excluding carboxylic acids is 2. The van der Waals surface area contributed by atoms with Crippen molar-refractivity contribution in [2.45, 2.75) is 34.2 Å². The first-order chi connectivity index (χ1) is 16.4. The van der Waals surface area contributed by atoms with E-state index in [1.165, 1.54) is 11.1 Å². The number of morpholine rings is 1. The lowest BCUT2D eigenvalue weighted by Gasteiger charge is -2.34. The highest BCUT2D eigenvalue weighted by Gasteiger charge is 2.32. The van der Waals surface area contributed by atoms with Crippen LogP contribution in [0.1, 0.15) is 39.8 Å². The fraction of sp³-hybridized carbons (Fsp3) is 0.538. The van der Waals surface area contributed by atoms with E-state index in [1.807, 2.05) is 4.90 Å². The summed E-state index contributed by atoms with van der Waals surface area (Å²) >= 11 is 0. The molecule has 3 heterocycles. The van der Waals surface area contributed by atoms with Crippen molar-refractivity contribution in [3.8, 4) is 0 Å². The van der Waals surface area contributed by atoms with Gasteiger partial charge < -0.3 is 28.7 Å². The van der Waals surface area contributed by atoms with Crippen molar-refractivity contribution in [2.24, 2.45) is 0 Å². The normalized spacial score (nSPS) is 16.6. The molecule has 0 atom stereocenters. The van der Waals surface area contributed by atoms with Crippen molar-refractivity contribution >= 4 is 17.7 Å². The Bertz CT molecular complexity index is 1030. The number of nitrogens with zero attached hydrogens (tertiary/aromatic N) is 4. The lowest BCUT2D eigenvalue weighted by Crippen LogP contribution is -2.51. The third-order valence-corrected chi connectivity index (χ3v) is 6.77. The molecule has 0 radical (unpaired) electrons. The van der Waals surface area contributed by atoms with Gasteiger partial charge in [-0.2, -0.15) is 0 Å². The lowest BCUT2D eigenvalue weighted by molar-refractivity contribution is 0.0561. The number of aromatic nitrogens is 1. The van der Waals surface area contributed by atoms with Crippen molar-refractivity contribution < 1.29 is 19.1 Å². The van der Waals surface area contributed by atoms with E-state index in [1.54, 1.807) is 11.8 Å². The van der Waals surface area contributed by atoms with E-state index in [9.17, 15) is 9.59 Å². The van der Waals surface area contributed by atoms with Gasteiger partial charge in [-0.1, -0.05) is 29.8 Å². The first-order valence-corrected chi connectivity index (χ1v) is 12.2. The molecule has 0 spiro atoms. The first-order valence-electron chi connectivity index (χ1n) is 12.2. The number of hydrogen-bond acceptors (Lipinski definition) is 5. The zero-order valence-electron chi connectivity index (χ0n) is 20.8. The van der Waals surface area contributed by atoms with Crippen molar-refractivity contribution in [2.75, 3.05) is 64.0 Å². The van der Waals surface area contributed by atoms with E-state index in [0.717, 1.165) is 35.7 Å². The van der Waals surface area contributed by atoms with Crippen LogP contribution in [-0.4, -0.2) is 85.5 Å². The molecule has 1 aromatic carbocycles. The highest BCUT2D eigenvalue weighted by molar-refractivity contribution is 5.97. The van der Waals surface area contributed by atoms with Crippen LogP contribution in [0.3, 0.4) is 0 Å². The van der Waals surface area contributed by atoms with Gasteiger partial charge in [-0.3, -0.25) is 4.79 Å². The van der Waals surface area contributed by atoms with E-state index in [-0.39, 0.29) is 12.0 Å². The summed E-state index contributed by atoms with van der Waals surface area (Å²) in [6.45, 7) is 14.1. The molecule has 2 saturated heterocycles. The van der Waals surface area contributed by atoms with E-state index in [4.69, 9.17) is 9.47 Å². The average Bonchev–Trinajstić information content (AvgIpc) is 3.08. The minimum atomic E-state index is -0.306. The Labute approximate surface area is 202 Å². The number of anilines is 1. The number of ether oxygens (including phenoxy) is 2. The van der Waals surface area contributed by atoms with Gasteiger partial charge in [0.1, 0.15) is 5.69 Å². The van der Waals surface area contributed by atoms with Gasteiger partial charge in [-0.15, -0.1) is 0 Å². The Morgan fingerprint density at radius 1 is 0.971 bits per heavy atom. The molecule has 8 nitrogen and oxygen atoms in total. The van der Waals surface area contributed by atoms with Crippen LogP contribution in [0.25, 0.3) is 0 Å². The Balaban J connectivity index is 1.64. The summed E-state index contributed by atoms with van der Waals surface area (Å²) in [5.41, 5.74) is 6.39. The average molecular weight is 469 g/mol. The minimum Gasteiger partial charge on any atom is -0.450 e.